The maximum atomic E-state index is 10.9. The number of carbonyl (C=O) groups is 1. The predicted molar refractivity (Wildman–Crippen MR) is 54.9 cm³/mol. The number of hydrogen-bond donors (Lipinski definition) is 1. The lowest BCUT2D eigenvalue weighted by Gasteiger charge is -2.30. The summed E-state index contributed by atoms with van der Waals surface area (Å²) in [5.74, 6) is 0.836. The third kappa shape index (κ3) is 3.10. The third-order valence-corrected chi connectivity index (χ3v) is 3.35. The molecule has 13 heavy (non-hydrogen) atoms. The van der Waals surface area contributed by atoms with Gasteiger partial charge in [-0.25, -0.2) is 9.10 Å². The van der Waals surface area contributed by atoms with E-state index in [1.165, 1.54) is 31.2 Å². The molecule has 1 amide bonds. The topological polar surface area (TPSA) is 40.5 Å². The summed E-state index contributed by atoms with van der Waals surface area (Å²) in [6, 6.07) is 0.260. The number of amides is 1. The molecule has 4 heteroatoms. The summed E-state index contributed by atoms with van der Waals surface area (Å²) < 4.78 is 1.54. The highest BCUT2D eigenvalue weighted by Crippen LogP contribution is 2.27. The van der Waals surface area contributed by atoms with E-state index in [-0.39, 0.29) is 6.04 Å². The van der Waals surface area contributed by atoms with Crippen molar-refractivity contribution in [3.63, 3.8) is 0 Å². The SMILES string of the molecule is CCSN(C(=O)O)C1CCCCC1. The zero-order chi connectivity index (χ0) is 9.68. The summed E-state index contributed by atoms with van der Waals surface area (Å²) in [5, 5.41) is 8.96. The molecule has 0 bridgehead atoms. The van der Waals surface area contributed by atoms with Crippen molar-refractivity contribution in [3.05, 3.63) is 0 Å². The van der Waals surface area contributed by atoms with Crippen LogP contribution in [-0.4, -0.2) is 27.3 Å². The fourth-order valence-corrected chi connectivity index (χ4v) is 2.58. The van der Waals surface area contributed by atoms with Crippen molar-refractivity contribution >= 4 is 18.0 Å². The van der Waals surface area contributed by atoms with Gasteiger partial charge in [0.2, 0.25) is 0 Å². The standard InChI is InChI=1S/C9H17NO2S/c1-2-13-10(9(11)12)8-6-4-3-5-7-8/h8H,2-7H2,1H3,(H,11,12). The average Bonchev–Trinajstić information content (AvgIpc) is 2.15. The van der Waals surface area contributed by atoms with Gasteiger partial charge in [-0.1, -0.05) is 26.2 Å². The molecule has 0 unspecified atom stereocenters. The van der Waals surface area contributed by atoms with Gasteiger partial charge in [-0.15, -0.1) is 0 Å². The number of carboxylic acid groups (broad SMARTS) is 1. The number of rotatable bonds is 3. The molecule has 1 aliphatic rings. The molecule has 1 saturated carbocycles. The van der Waals surface area contributed by atoms with Gasteiger partial charge in [0.05, 0.1) is 0 Å². The van der Waals surface area contributed by atoms with E-state index in [1.54, 1.807) is 4.31 Å². The van der Waals surface area contributed by atoms with Crippen LogP contribution in [0.4, 0.5) is 4.79 Å². The summed E-state index contributed by atoms with van der Waals surface area (Å²) in [7, 11) is 0. The van der Waals surface area contributed by atoms with Crippen LogP contribution in [0.5, 0.6) is 0 Å². The minimum atomic E-state index is -0.779. The normalized spacial score (nSPS) is 18.5. The van der Waals surface area contributed by atoms with Gasteiger partial charge in [-0.3, -0.25) is 0 Å². The Balaban J connectivity index is 2.46. The summed E-state index contributed by atoms with van der Waals surface area (Å²) in [4.78, 5) is 10.9. The molecule has 3 nitrogen and oxygen atoms in total. The minimum Gasteiger partial charge on any atom is -0.464 e. The maximum absolute atomic E-state index is 10.9. The van der Waals surface area contributed by atoms with Gasteiger partial charge < -0.3 is 5.11 Å². The first-order valence-electron chi connectivity index (χ1n) is 4.90. The van der Waals surface area contributed by atoms with Crippen molar-refractivity contribution in [2.24, 2.45) is 0 Å². The molecule has 0 aromatic rings. The Bertz CT molecular complexity index is 169. The van der Waals surface area contributed by atoms with Crippen LogP contribution in [0, 0.1) is 0 Å². The molecule has 0 aromatic heterocycles. The predicted octanol–water partition coefficient (Wildman–Crippen LogP) is 2.97. The van der Waals surface area contributed by atoms with Crippen LogP contribution < -0.4 is 0 Å². The molecule has 0 heterocycles. The fourth-order valence-electron chi connectivity index (χ4n) is 1.77. The molecule has 1 fully saturated rings. The lowest BCUT2D eigenvalue weighted by molar-refractivity contribution is 0.156. The molecule has 0 spiro atoms. The van der Waals surface area contributed by atoms with E-state index < -0.39 is 6.09 Å². The molecular formula is C9H17NO2S. The zero-order valence-corrected chi connectivity index (χ0v) is 8.85. The molecule has 1 aliphatic carbocycles. The lowest BCUT2D eigenvalue weighted by Crippen LogP contribution is -2.35. The fraction of sp³-hybridized carbons (Fsp3) is 0.889. The molecule has 0 aromatic carbocycles. The molecule has 0 aliphatic heterocycles. The zero-order valence-electron chi connectivity index (χ0n) is 8.03. The third-order valence-electron chi connectivity index (χ3n) is 2.36. The Labute approximate surface area is 83.6 Å². The smallest absolute Gasteiger partial charge is 0.417 e. The number of nitrogens with zero attached hydrogens (tertiary/aromatic N) is 1. The van der Waals surface area contributed by atoms with E-state index in [1.807, 2.05) is 6.92 Å². The first-order valence-corrected chi connectivity index (χ1v) is 5.85. The van der Waals surface area contributed by atoms with Crippen molar-refractivity contribution < 1.29 is 9.90 Å². The second-order valence-corrected chi connectivity index (χ2v) is 4.55. The first-order chi connectivity index (χ1) is 6.25. The van der Waals surface area contributed by atoms with Crippen LogP contribution in [0.15, 0.2) is 0 Å². The quantitative estimate of drug-likeness (QED) is 0.717. The van der Waals surface area contributed by atoms with Crippen molar-refractivity contribution in [2.45, 2.75) is 45.1 Å². The monoisotopic (exact) mass is 203 g/mol. The van der Waals surface area contributed by atoms with Gasteiger partial charge >= 0.3 is 6.09 Å². The Morgan fingerprint density at radius 1 is 1.46 bits per heavy atom. The van der Waals surface area contributed by atoms with E-state index in [2.05, 4.69) is 0 Å². The van der Waals surface area contributed by atoms with Crippen LogP contribution in [0.25, 0.3) is 0 Å². The Morgan fingerprint density at radius 2 is 2.08 bits per heavy atom. The van der Waals surface area contributed by atoms with E-state index in [0.717, 1.165) is 18.6 Å². The second-order valence-electron chi connectivity index (χ2n) is 3.32. The highest BCUT2D eigenvalue weighted by atomic mass is 32.2. The maximum Gasteiger partial charge on any atom is 0.417 e. The Morgan fingerprint density at radius 3 is 2.54 bits per heavy atom. The molecule has 0 saturated heterocycles. The summed E-state index contributed by atoms with van der Waals surface area (Å²) in [5.41, 5.74) is 0. The minimum absolute atomic E-state index is 0.260. The average molecular weight is 203 g/mol. The van der Waals surface area contributed by atoms with E-state index in [4.69, 9.17) is 5.11 Å². The Hall–Kier alpha value is -0.380. The van der Waals surface area contributed by atoms with Gasteiger partial charge in [0.25, 0.3) is 0 Å². The first kappa shape index (κ1) is 10.7. The Kier molecular flexibility index (Phi) is 4.42. The van der Waals surface area contributed by atoms with Gasteiger partial charge in [0.1, 0.15) is 0 Å². The molecular weight excluding hydrogens is 186 g/mol. The van der Waals surface area contributed by atoms with Crippen LogP contribution in [-0.2, 0) is 0 Å². The van der Waals surface area contributed by atoms with Gasteiger partial charge in [0.15, 0.2) is 0 Å². The van der Waals surface area contributed by atoms with Crippen molar-refractivity contribution in [1.29, 1.82) is 0 Å². The lowest BCUT2D eigenvalue weighted by atomic mass is 9.96. The highest BCUT2D eigenvalue weighted by Gasteiger charge is 2.24. The number of hydrogen-bond acceptors (Lipinski definition) is 2. The van der Waals surface area contributed by atoms with Crippen LogP contribution in [0.2, 0.25) is 0 Å². The molecule has 0 atom stereocenters. The van der Waals surface area contributed by atoms with Crippen molar-refractivity contribution in [2.75, 3.05) is 5.75 Å². The molecule has 1 rings (SSSR count). The van der Waals surface area contributed by atoms with Crippen LogP contribution in [0.3, 0.4) is 0 Å². The van der Waals surface area contributed by atoms with Gasteiger partial charge in [0, 0.05) is 11.8 Å². The summed E-state index contributed by atoms with van der Waals surface area (Å²) in [6.45, 7) is 1.99. The van der Waals surface area contributed by atoms with Gasteiger partial charge in [-0.05, 0) is 24.8 Å². The van der Waals surface area contributed by atoms with Gasteiger partial charge in [-0.2, -0.15) is 0 Å². The largest absolute Gasteiger partial charge is 0.464 e. The van der Waals surface area contributed by atoms with E-state index in [0.29, 0.717) is 0 Å². The molecule has 76 valence electrons. The second kappa shape index (κ2) is 5.37. The van der Waals surface area contributed by atoms with E-state index >= 15 is 0 Å². The highest BCUT2D eigenvalue weighted by molar-refractivity contribution is 7.97. The van der Waals surface area contributed by atoms with Crippen LogP contribution in [0.1, 0.15) is 39.0 Å². The summed E-state index contributed by atoms with van der Waals surface area (Å²) in [6.07, 6.45) is 4.93. The molecule has 1 N–H and O–H groups in total. The molecule has 0 radical (unpaired) electrons. The van der Waals surface area contributed by atoms with Crippen molar-refractivity contribution in [3.8, 4) is 0 Å². The van der Waals surface area contributed by atoms with Crippen molar-refractivity contribution in [1.82, 2.24) is 4.31 Å². The van der Waals surface area contributed by atoms with Crippen LogP contribution >= 0.6 is 11.9 Å². The van der Waals surface area contributed by atoms with E-state index in [9.17, 15) is 4.79 Å². The summed E-state index contributed by atoms with van der Waals surface area (Å²) >= 11 is 1.42.